The molecule has 3 aromatic rings. The Bertz CT molecular complexity index is 951. The van der Waals surface area contributed by atoms with E-state index in [0.717, 1.165) is 60.6 Å². The minimum absolute atomic E-state index is 0.702. The molecule has 1 aliphatic heterocycles. The van der Waals surface area contributed by atoms with Gasteiger partial charge in [0.2, 0.25) is 0 Å². The minimum Gasteiger partial charge on any atom is -0.496 e. The number of likely N-dealkylation sites (N-methyl/N-ethyl adjacent to an activating group) is 1. The molecule has 2 heterocycles. The Morgan fingerprint density at radius 3 is 2.59 bits per heavy atom. The monoisotopic (exact) mass is 381 g/mol. The van der Waals surface area contributed by atoms with Crippen LogP contribution in [0.2, 0.25) is 5.02 Å². The summed E-state index contributed by atoms with van der Waals surface area (Å²) in [6, 6.07) is 16.2. The van der Waals surface area contributed by atoms with Crippen molar-refractivity contribution in [2.45, 2.75) is 6.54 Å². The molecule has 1 aromatic heterocycles. The smallest absolute Gasteiger partial charge is 0.128 e. The molecule has 4 nitrogen and oxygen atoms in total. The number of para-hydroxylation sites is 1. The average Bonchev–Trinajstić information content (AvgIpc) is 2.69. The lowest BCUT2D eigenvalue weighted by atomic mass is 10.0. The highest BCUT2D eigenvalue weighted by Gasteiger charge is 2.19. The zero-order valence-electron chi connectivity index (χ0n) is 15.8. The normalized spacial score (nSPS) is 16.0. The second-order valence-corrected chi connectivity index (χ2v) is 7.55. The molecule has 5 heteroatoms. The van der Waals surface area contributed by atoms with Crippen molar-refractivity contribution in [3.63, 3.8) is 0 Å². The number of benzene rings is 2. The maximum absolute atomic E-state index is 6.21. The summed E-state index contributed by atoms with van der Waals surface area (Å²) in [6.07, 6.45) is 0. The maximum Gasteiger partial charge on any atom is 0.128 e. The Morgan fingerprint density at radius 2 is 1.81 bits per heavy atom. The predicted molar refractivity (Wildman–Crippen MR) is 112 cm³/mol. The zero-order chi connectivity index (χ0) is 18.8. The summed E-state index contributed by atoms with van der Waals surface area (Å²) in [5, 5.41) is 1.81. The number of rotatable bonds is 4. The molecule has 2 aromatic carbocycles. The van der Waals surface area contributed by atoms with E-state index < -0.39 is 0 Å². The summed E-state index contributed by atoms with van der Waals surface area (Å²) in [7, 11) is 3.88. The predicted octanol–water partition coefficient (Wildman–Crippen LogP) is 4.31. The molecule has 140 valence electrons. The van der Waals surface area contributed by atoms with Crippen LogP contribution in [0.15, 0.2) is 48.5 Å². The van der Waals surface area contributed by atoms with Crippen LogP contribution in [0.3, 0.4) is 0 Å². The van der Waals surface area contributed by atoms with Crippen LogP contribution >= 0.6 is 11.6 Å². The molecular formula is C22H24ClN3O. The Kier molecular flexibility index (Phi) is 5.30. The lowest BCUT2D eigenvalue weighted by Crippen LogP contribution is -2.43. The van der Waals surface area contributed by atoms with Gasteiger partial charge in [0.05, 0.1) is 18.3 Å². The minimum atomic E-state index is 0.702. The van der Waals surface area contributed by atoms with Crippen molar-refractivity contribution in [2.75, 3.05) is 40.3 Å². The Labute approximate surface area is 165 Å². The highest BCUT2D eigenvalue weighted by atomic mass is 35.5. The van der Waals surface area contributed by atoms with Gasteiger partial charge >= 0.3 is 0 Å². The Balaban J connectivity index is 1.81. The fourth-order valence-electron chi connectivity index (χ4n) is 3.62. The molecule has 27 heavy (non-hydrogen) atoms. The Hall–Kier alpha value is -2.14. The van der Waals surface area contributed by atoms with Crippen molar-refractivity contribution in [3.05, 3.63) is 59.1 Å². The summed E-state index contributed by atoms with van der Waals surface area (Å²) >= 11 is 6.21. The van der Waals surface area contributed by atoms with Crippen LogP contribution in [0.5, 0.6) is 5.75 Å². The number of pyridine rings is 1. The van der Waals surface area contributed by atoms with Crippen molar-refractivity contribution in [3.8, 4) is 17.0 Å². The van der Waals surface area contributed by atoms with Crippen LogP contribution in [0.25, 0.3) is 22.2 Å². The standard InChI is InChI=1S/C22H24ClN3O/c1-25-9-11-26(12-10-25)15-17-13-16-7-8-18(23)14-20(16)24-22(17)19-5-3-4-6-21(19)27-2/h3-8,13-14H,9-12,15H2,1-2H3. The van der Waals surface area contributed by atoms with Crippen molar-refractivity contribution in [1.82, 2.24) is 14.8 Å². The number of nitrogens with zero attached hydrogens (tertiary/aromatic N) is 3. The second-order valence-electron chi connectivity index (χ2n) is 7.11. The van der Waals surface area contributed by atoms with E-state index in [2.05, 4.69) is 29.0 Å². The van der Waals surface area contributed by atoms with E-state index in [0.29, 0.717) is 5.02 Å². The van der Waals surface area contributed by atoms with Gasteiger partial charge in [-0.15, -0.1) is 0 Å². The van der Waals surface area contributed by atoms with Gasteiger partial charge in [0.15, 0.2) is 0 Å². The fourth-order valence-corrected chi connectivity index (χ4v) is 3.79. The molecule has 1 fully saturated rings. The molecule has 0 bridgehead atoms. The van der Waals surface area contributed by atoms with E-state index in [1.807, 2.05) is 36.4 Å². The van der Waals surface area contributed by atoms with Gasteiger partial charge in [-0.3, -0.25) is 4.90 Å². The molecule has 0 unspecified atom stereocenters. The van der Waals surface area contributed by atoms with Gasteiger partial charge in [-0.2, -0.15) is 0 Å². The zero-order valence-corrected chi connectivity index (χ0v) is 16.5. The van der Waals surface area contributed by atoms with E-state index in [-0.39, 0.29) is 0 Å². The number of ether oxygens (including phenoxy) is 1. The molecule has 0 N–H and O–H groups in total. The van der Waals surface area contributed by atoms with Crippen LogP contribution < -0.4 is 4.74 Å². The summed E-state index contributed by atoms with van der Waals surface area (Å²) in [6.45, 7) is 5.22. The summed E-state index contributed by atoms with van der Waals surface area (Å²) < 4.78 is 5.61. The number of aromatic nitrogens is 1. The van der Waals surface area contributed by atoms with Gasteiger partial charge in [-0.05, 0) is 42.9 Å². The van der Waals surface area contributed by atoms with Crippen LogP contribution in [0, 0.1) is 0 Å². The summed E-state index contributed by atoms with van der Waals surface area (Å²) in [5.74, 6) is 0.839. The number of halogens is 1. The quantitative estimate of drug-likeness (QED) is 0.673. The highest BCUT2D eigenvalue weighted by molar-refractivity contribution is 6.31. The first-order valence-electron chi connectivity index (χ1n) is 9.27. The topological polar surface area (TPSA) is 28.6 Å². The van der Waals surface area contributed by atoms with Crippen molar-refractivity contribution in [2.24, 2.45) is 0 Å². The van der Waals surface area contributed by atoms with Gasteiger partial charge in [0.1, 0.15) is 5.75 Å². The number of piperazine rings is 1. The lowest BCUT2D eigenvalue weighted by molar-refractivity contribution is 0.148. The van der Waals surface area contributed by atoms with Crippen LogP contribution in [-0.4, -0.2) is 55.1 Å². The number of methoxy groups -OCH3 is 1. The molecule has 0 atom stereocenters. The van der Waals surface area contributed by atoms with E-state index >= 15 is 0 Å². The van der Waals surface area contributed by atoms with Crippen molar-refractivity contribution >= 4 is 22.5 Å². The maximum atomic E-state index is 6.21. The summed E-state index contributed by atoms with van der Waals surface area (Å²) in [5.41, 5.74) is 4.12. The first-order valence-corrected chi connectivity index (χ1v) is 9.65. The molecule has 0 amide bonds. The fraction of sp³-hybridized carbons (Fsp3) is 0.318. The number of fused-ring (bicyclic) bond motifs is 1. The van der Waals surface area contributed by atoms with E-state index in [1.54, 1.807) is 7.11 Å². The van der Waals surface area contributed by atoms with Crippen LogP contribution in [0.1, 0.15) is 5.56 Å². The third kappa shape index (κ3) is 3.93. The molecule has 0 radical (unpaired) electrons. The first kappa shape index (κ1) is 18.2. The van der Waals surface area contributed by atoms with E-state index in [1.165, 1.54) is 5.56 Å². The number of hydrogen-bond donors (Lipinski definition) is 0. The SMILES string of the molecule is COc1ccccc1-c1nc2cc(Cl)ccc2cc1CN1CCN(C)CC1. The molecule has 1 aliphatic rings. The third-order valence-electron chi connectivity index (χ3n) is 5.21. The summed E-state index contributed by atoms with van der Waals surface area (Å²) in [4.78, 5) is 9.86. The Morgan fingerprint density at radius 1 is 1.04 bits per heavy atom. The van der Waals surface area contributed by atoms with Gasteiger partial charge < -0.3 is 9.64 Å². The van der Waals surface area contributed by atoms with Gasteiger partial charge in [0, 0.05) is 48.7 Å². The highest BCUT2D eigenvalue weighted by Crippen LogP contribution is 2.33. The molecule has 1 saturated heterocycles. The van der Waals surface area contributed by atoms with Gasteiger partial charge in [-0.1, -0.05) is 29.8 Å². The lowest BCUT2D eigenvalue weighted by Gasteiger charge is -2.32. The number of hydrogen-bond acceptors (Lipinski definition) is 4. The molecule has 0 spiro atoms. The van der Waals surface area contributed by atoms with Gasteiger partial charge in [0.25, 0.3) is 0 Å². The largest absolute Gasteiger partial charge is 0.496 e. The second kappa shape index (κ2) is 7.85. The van der Waals surface area contributed by atoms with E-state index in [9.17, 15) is 0 Å². The van der Waals surface area contributed by atoms with Crippen LogP contribution in [0.4, 0.5) is 0 Å². The van der Waals surface area contributed by atoms with E-state index in [4.69, 9.17) is 21.3 Å². The van der Waals surface area contributed by atoms with Crippen LogP contribution in [-0.2, 0) is 6.54 Å². The van der Waals surface area contributed by atoms with Crippen molar-refractivity contribution < 1.29 is 4.74 Å². The molecule has 0 saturated carbocycles. The first-order chi connectivity index (χ1) is 13.1. The molecular weight excluding hydrogens is 358 g/mol. The van der Waals surface area contributed by atoms with Gasteiger partial charge in [-0.25, -0.2) is 4.98 Å². The molecule has 4 rings (SSSR count). The third-order valence-corrected chi connectivity index (χ3v) is 5.45. The molecule has 0 aliphatic carbocycles. The van der Waals surface area contributed by atoms with Crippen molar-refractivity contribution in [1.29, 1.82) is 0 Å². The average molecular weight is 382 g/mol.